The van der Waals surface area contributed by atoms with Gasteiger partial charge in [0.25, 0.3) is 5.95 Å². The number of aromatic nitrogens is 3. The van der Waals surface area contributed by atoms with Crippen LogP contribution in [-0.2, 0) is 4.79 Å². The molecule has 0 spiro atoms. The SMILES string of the molecule is COc1ccc(/C=N/Nc2nnc(SCC(=O)Nc3ccccc3SC)n2N)cc1. The number of methoxy groups -OCH3 is 1. The van der Waals surface area contributed by atoms with Crippen LogP contribution in [0.15, 0.2) is 63.7 Å². The summed E-state index contributed by atoms with van der Waals surface area (Å²) in [5.74, 6) is 7.01. The summed E-state index contributed by atoms with van der Waals surface area (Å²) in [5, 5.41) is 15.3. The fraction of sp³-hybridized carbons (Fsp3) is 0.158. The molecule has 3 aromatic rings. The minimum atomic E-state index is -0.156. The predicted molar refractivity (Wildman–Crippen MR) is 122 cm³/mol. The van der Waals surface area contributed by atoms with Crippen LogP contribution in [0.1, 0.15) is 5.56 Å². The molecule has 156 valence electrons. The van der Waals surface area contributed by atoms with Gasteiger partial charge in [-0.25, -0.2) is 10.1 Å². The fourth-order valence-electron chi connectivity index (χ4n) is 2.37. The van der Waals surface area contributed by atoms with Gasteiger partial charge in [-0.15, -0.1) is 22.0 Å². The van der Waals surface area contributed by atoms with E-state index in [0.717, 1.165) is 21.9 Å². The number of hydrogen-bond donors (Lipinski definition) is 3. The zero-order valence-corrected chi connectivity index (χ0v) is 18.0. The molecule has 0 saturated heterocycles. The van der Waals surface area contributed by atoms with Crippen LogP contribution in [0, 0.1) is 0 Å². The van der Waals surface area contributed by atoms with Gasteiger partial charge in [0.05, 0.1) is 24.8 Å². The molecule has 0 aliphatic carbocycles. The second kappa shape index (κ2) is 10.6. The van der Waals surface area contributed by atoms with Crippen molar-refractivity contribution in [3.8, 4) is 5.75 Å². The third-order valence-corrected chi connectivity index (χ3v) is 5.61. The molecule has 1 aromatic heterocycles. The van der Waals surface area contributed by atoms with Crippen LogP contribution in [0.5, 0.6) is 5.75 Å². The van der Waals surface area contributed by atoms with E-state index < -0.39 is 0 Å². The van der Waals surface area contributed by atoms with Crippen molar-refractivity contribution in [2.24, 2.45) is 5.10 Å². The minimum Gasteiger partial charge on any atom is -0.497 e. The van der Waals surface area contributed by atoms with E-state index in [1.54, 1.807) is 25.1 Å². The Bertz CT molecular complexity index is 1020. The molecule has 0 aliphatic heterocycles. The van der Waals surface area contributed by atoms with Gasteiger partial charge >= 0.3 is 0 Å². The fourth-order valence-corrected chi connectivity index (χ4v) is 3.58. The quantitative estimate of drug-likeness (QED) is 0.200. The molecule has 30 heavy (non-hydrogen) atoms. The molecule has 0 saturated carbocycles. The Labute approximate surface area is 182 Å². The molecule has 0 bridgehead atoms. The first-order valence-corrected chi connectivity index (χ1v) is 11.0. The molecule has 1 amide bonds. The molecule has 2 aromatic carbocycles. The average molecular weight is 444 g/mol. The summed E-state index contributed by atoms with van der Waals surface area (Å²) < 4.78 is 6.36. The second-order valence-electron chi connectivity index (χ2n) is 5.86. The van der Waals surface area contributed by atoms with Crippen LogP contribution >= 0.6 is 23.5 Å². The number of para-hydroxylation sites is 1. The summed E-state index contributed by atoms with van der Waals surface area (Å²) in [6, 6.07) is 15.0. The van der Waals surface area contributed by atoms with Gasteiger partial charge in [0.2, 0.25) is 11.1 Å². The highest BCUT2D eigenvalue weighted by Crippen LogP contribution is 2.25. The van der Waals surface area contributed by atoms with Crippen LogP contribution in [-0.4, -0.2) is 46.1 Å². The lowest BCUT2D eigenvalue weighted by atomic mass is 10.2. The first-order valence-electron chi connectivity index (χ1n) is 8.80. The number of carbonyl (C=O) groups excluding carboxylic acids is 1. The van der Waals surface area contributed by atoms with Gasteiger partial charge in [-0.3, -0.25) is 4.79 Å². The van der Waals surface area contributed by atoms with Gasteiger partial charge in [-0.05, 0) is 48.2 Å². The first kappa shape index (κ1) is 21.5. The molecule has 3 rings (SSSR count). The number of anilines is 2. The highest BCUT2D eigenvalue weighted by Gasteiger charge is 2.13. The lowest BCUT2D eigenvalue weighted by Gasteiger charge is -2.08. The third-order valence-electron chi connectivity index (χ3n) is 3.87. The number of hydrazone groups is 1. The number of nitrogen functional groups attached to an aromatic ring is 1. The number of ether oxygens (including phenoxy) is 1. The molecule has 0 radical (unpaired) electrons. The number of nitrogens with zero attached hydrogens (tertiary/aromatic N) is 4. The zero-order chi connectivity index (χ0) is 21.3. The van der Waals surface area contributed by atoms with E-state index in [9.17, 15) is 4.79 Å². The normalized spacial score (nSPS) is 10.9. The highest BCUT2D eigenvalue weighted by atomic mass is 32.2. The van der Waals surface area contributed by atoms with Crippen molar-refractivity contribution < 1.29 is 9.53 Å². The Morgan fingerprint density at radius 1 is 1.23 bits per heavy atom. The van der Waals surface area contributed by atoms with E-state index in [4.69, 9.17) is 10.6 Å². The van der Waals surface area contributed by atoms with E-state index in [-0.39, 0.29) is 17.6 Å². The summed E-state index contributed by atoms with van der Waals surface area (Å²) in [7, 11) is 1.61. The molecule has 9 nitrogen and oxygen atoms in total. The summed E-state index contributed by atoms with van der Waals surface area (Å²) in [5.41, 5.74) is 4.39. The van der Waals surface area contributed by atoms with Crippen LogP contribution in [0.25, 0.3) is 0 Å². The van der Waals surface area contributed by atoms with Gasteiger partial charge in [-0.2, -0.15) is 5.10 Å². The maximum atomic E-state index is 12.3. The predicted octanol–water partition coefficient (Wildman–Crippen LogP) is 2.90. The molecule has 11 heteroatoms. The number of rotatable bonds is 9. The highest BCUT2D eigenvalue weighted by molar-refractivity contribution is 7.99. The van der Waals surface area contributed by atoms with E-state index >= 15 is 0 Å². The molecule has 0 aliphatic rings. The number of thioether (sulfide) groups is 2. The average Bonchev–Trinajstić information content (AvgIpc) is 3.12. The summed E-state index contributed by atoms with van der Waals surface area (Å²) >= 11 is 2.75. The Hall–Kier alpha value is -3.18. The summed E-state index contributed by atoms with van der Waals surface area (Å²) in [6.45, 7) is 0. The Kier molecular flexibility index (Phi) is 7.57. The third kappa shape index (κ3) is 5.67. The molecule has 0 atom stereocenters. The maximum absolute atomic E-state index is 12.3. The number of nitrogens with two attached hydrogens (primary N) is 1. The van der Waals surface area contributed by atoms with Crippen molar-refractivity contribution in [1.29, 1.82) is 0 Å². The molecule has 4 N–H and O–H groups in total. The molecular formula is C19H21N7O2S2. The van der Waals surface area contributed by atoms with Crippen molar-refractivity contribution in [3.05, 3.63) is 54.1 Å². The largest absolute Gasteiger partial charge is 0.497 e. The van der Waals surface area contributed by atoms with E-state index in [0.29, 0.717) is 5.16 Å². The van der Waals surface area contributed by atoms with Crippen LogP contribution < -0.4 is 21.3 Å². The monoisotopic (exact) mass is 443 g/mol. The number of hydrogen-bond acceptors (Lipinski definition) is 9. The van der Waals surface area contributed by atoms with Crippen molar-refractivity contribution in [1.82, 2.24) is 14.9 Å². The van der Waals surface area contributed by atoms with E-state index in [1.807, 2.05) is 54.8 Å². The van der Waals surface area contributed by atoms with Gasteiger partial charge < -0.3 is 15.9 Å². The number of nitrogens with one attached hydrogen (secondary N) is 2. The van der Waals surface area contributed by atoms with Gasteiger partial charge in [0.1, 0.15) is 5.75 Å². The lowest BCUT2D eigenvalue weighted by Crippen LogP contribution is -2.17. The zero-order valence-electron chi connectivity index (χ0n) is 16.4. The van der Waals surface area contributed by atoms with Crippen molar-refractivity contribution in [3.63, 3.8) is 0 Å². The standard InChI is InChI=1S/C19H21N7O2S2/c1-28-14-9-7-13(8-10-14)11-21-23-18-24-25-19(26(18)20)30-12-17(27)22-15-5-3-4-6-16(15)29-2/h3-11H,12,20H2,1-2H3,(H,22,27)(H,23,24)/b21-11+. The number of carbonyl (C=O) groups is 1. The van der Waals surface area contributed by atoms with Crippen molar-refractivity contribution in [2.75, 3.05) is 35.7 Å². The van der Waals surface area contributed by atoms with Crippen LogP contribution in [0.2, 0.25) is 0 Å². The minimum absolute atomic E-state index is 0.146. The van der Waals surface area contributed by atoms with Crippen LogP contribution in [0.3, 0.4) is 0 Å². The second-order valence-corrected chi connectivity index (χ2v) is 7.65. The van der Waals surface area contributed by atoms with Crippen molar-refractivity contribution in [2.45, 2.75) is 10.1 Å². The summed E-state index contributed by atoms with van der Waals surface area (Å²) in [6.07, 6.45) is 3.58. The smallest absolute Gasteiger partial charge is 0.264 e. The van der Waals surface area contributed by atoms with Gasteiger partial charge in [-0.1, -0.05) is 23.9 Å². The number of benzene rings is 2. The maximum Gasteiger partial charge on any atom is 0.264 e. The molecule has 0 fully saturated rings. The Balaban J connectivity index is 1.53. The van der Waals surface area contributed by atoms with E-state index in [1.165, 1.54) is 16.4 Å². The van der Waals surface area contributed by atoms with Gasteiger partial charge in [0, 0.05) is 4.90 Å². The van der Waals surface area contributed by atoms with E-state index in [2.05, 4.69) is 26.0 Å². The number of amides is 1. The van der Waals surface area contributed by atoms with Crippen LogP contribution in [0.4, 0.5) is 11.6 Å². The first-order chi connectivity index (χ1) is 14.6. The molecular weight excluding hydrogens is 422 g/mol. The Morgan fingerprint density at radius 3 is 2.73 bits per heavy atom. The topological polar surface area (TPSA) is 119 Å². The van der Waals surface area contributed by atoms with Gasteiger partial charge in [0.15, 0.2) is 0 Å². The van der Waals surface area contributed by atoms with Crippen molar-refractivity contribution >= 4 is 47.3 Å². The molecule has 0 unspecified atom stereocenters. The summed E-state index contributed by atoms with van der Waals surface area (Å²) in [4.78, 5) is 13.3. The molecule has 1 heterocycles. The Morgan fingerprint density at radius 2 is 2.00 bits per heavy atom. The lowest BCUT2D eigenvalue weighted by molar-refractivity contribution is -0.113.